The molecule has 1 unspecified atom stereocenters. The summed E-state index contributed by atoms with van der Waals surface area (Å²) >= 11 is 0. The summed E-state index contributed by atoms with van der Waals surface area (Å²) in [7, 11) is 1.73. The standard InChI is InChI=1S/C20H24N4O4/c1-13-8-7-10-16(14(13)2)21-19(25)12-23(4)15(3)20(26)22-17-9-5-6-11-18(17)24(27)28/h5-11,15H,12H2,1-4H3,(H,21,25)(H,22,26)/p+1/t15-/m1/s1. The predicted molar refractivity (Wildman–Crippen MR) is 107 cm³/mol. The first-order chi connectivity index (χ1) is 13.2. The molecule has 0 aliphatic heterocycles. The van der Waals surface area contributed by atoms with E-state index in [0.29, 0.717) is 4.90 Å². The molecule has 2 aromatic rings. The smallest absolute Gasteiger partial charge is 0.292 e. The number of anilines is 2. The lowest BCUT2D eigenvalue weighted by Gasteiger charge is -2.21. The summed E-state index contributed by atoms with van der Waals surface area (Å²) in [5.41, 5.74) is 2.78. The fraction of sp³-hybridized carbons (Fsp3) is 0.300. The molecule has 2 rings (SSSR count). The van der Waals surface area contributed by atoms with Crippen molar-refractivity contribution in [2.24, 2.45) is 0 Å². The predicted octanol–water partition coefficient (Wildman–Crippen LogP) is 1.69. The summed E-state index contributed by atoms with van der Waals surface area (Å²) < 4.78 is 0. The van der Waals surface area contributed by atoms with Crippen LogP contribution in [0, 0.1) is 24.0 Å². The number of nitrogens with zero attached hydrogens (tertiary/aromatic N) is 1. The summed E-state index contributed by atoms with van der Waals surface area (Å²) in [6.07, 6.45) is 0. The summed E-state index contributed by atoms with van der Waals surface area (Å²) in [4.78, 5) is 36.0. The zero-order valence-corrected chi connectivity index (χ0v) is 16.4. The number of nitro groups is 1. The Labute approximate surface area is 163 Å². The van der Waals surface area contributed by atoms with E-state index in [1.165, 1.54) is 18.2 Å². The number of nitro benzene ring substituents is 1. The molecule has 2 atom stereocenters. The number of likely N-dealkylation sites (N-methyl/N-ethyl adjacent to an activating group) is 1. The molecule has 0 aliphatic carbocycles. The molecule has 0 spiro atoms. The van der Waals surface area contributed by atoms with Crippen molar-refractivity contribution in [2.45, 2.75) is 26.8 Å². The maximum atomic E-state index is 12.5. The van der Waals surface area contributed by atoms with Crippen LogP contribution in [0.25, 0.3) is 0 Å². The Morgan fingerprint density at radius 1 is 1.07 bits per heavy atom. The molecule has 0 saturated carbocycles. The van der Waals surface area contributed by atoms with E-state index in [-0.39, 0.29) is 23.8 Å². The van der Waals surface area contributed by atoms with Crippen LogP contribution in [0.2, 0.25) is 0 Å². The van der Waals surface area contributed by atoms with Crippen molar-refractivity contribution in [1.82, 2.24) is 0 Å². The molecule has 0 aromatic heterocycles. The van der Waals surface area contributed by atoms with Crippen LogP contribution >= 0.6 is 0 Å². The first kappa shape index (κ1) is 21.0. The molecule has 28 heavy (non-hydrogen) atoms. The van der Waals surface area contributed by atoms with Gasteiger partial charge in [0.2, 0.25) is 0 Å². The van der Waals surface area contributed by atoms with E-state index in [1.807, 2.05) is 32.0 Å². The third kappa shape index (κ3) is 5.14. The van der Waals surface area contributed by atoms with Gasteiger partial charge in [-0.15, -0.1) is 0 Å². The summed E-state index contributed by atoms with van der Waals surface area (Å²) in [6.45, 7) is 5.66. The lowest BCUT2D eigenvalue weighted by Crippen LogP contribution is -3.14. The van der Waals surface area contributed by atoms with Crippen LogP contribution in [-0.4, -0.2) is 36.4 Å². The Balaban J connectivity index is 1.99. The number of rotatable bonds is 7. The molecule has 3 N–H and O–H groups in total. The molecule has 0 bridgehead atoms. The quantitative estimate of drug-likeness (QED) is 0.498. The highest BCUT2D eigenvalue weighted by molar-refractivity contribution is 5.96. The fourth-order valence-electron chi connectivity index (χ4n) is 2.69. The zero-order chi connectivity index (χ0) is 20.8. The largest absolute Gasteiger partial charge is 0.321 e. The highest BCUT2D eigenvalue weighted by Gasteiger charge is 2.26. The van der Waals surface area contributed by atoms with E-state index in [2.05, 4.69) is 10.6 Å². The minimum atomic E-state index is -0.579. The molecule has 2 aromatic carbocycles. The second-order valence-corrected chi connectivity index (χ2v) is 6.80. The Morgan fingerprint density at radius 2 is 1.71 bits per heavy atom. The van der Waals surface area contributed by atoms with E-state index in [1.54, 1.807) is 20.0 Å². The van der Waals surface area contributed by atoms with Crippen molar-refractivity contribution in [2.75, 3.05) is 24.2 Å². The van der Waals surface area contributed by atoms with Gasteiger partial charge in [0.1, 0.15) is 5.69 Å². The van der Waals surface area contributed by atoms with Crippen LogP contribution in [-0.2, 0) is 9.59 Å². The number of carbonyl (C=O) groups is 2. The SMILES string of the molecule is Cc1cccc(NC(=O)C[NH+](C)[C@H](C)C(=O)Nc2ccccc2[N+](=O)[O-])c1C. The molecule has 0 radical (unpaired) electrons. The van der Waals surface area contributed by atoms with Gasteiger partial charge >= 0.3 is 0 Å². The average Bonchev–Trinajstić information content (AvgIpc) is 2.65. The van der Waals surface area contributed by atoms with Gasteiger partial charge in [0.25, 0.3) is 17.5 Å². The van der Waals surface area contributed by atoms with Gasteiger partial charge in [-0.05, 0) is 44.0 Å². The third-order valence-corrected chi connectivity index (χ3v) is 4.81. The Hall–Kier alpha value is -3.26. The minimum Gasteiger partial charge on any atom is -0.321 e. The van der Waals surface area contributed by atoms with Crippen molar-refractivity contribution in [1.29, 1.82) is 0 Å². The number of amides is 2. The van der Waals surface area contributed by atoms with Gasteiger partial charge in [-0.3, -0.25) is 19.7 Å². The van der Waals surface area contributed by atoms with Crippen LogP contribution in [0.4, 0.5) is 17.1 Å². The minimum absolute atomic E-state index is 0.0822. The van der Waals surface area contributed by atoms with Crippen LogP contribution in [0.1, 0.15) is 18.1 Å². The molecule has 148 valence electrons. The molecule has 8 heteroatoms. The van der Waals surface area contributed by atoms with Crippen molar-refractivity contribution >= 4 is 28.9 Å². The number of aryl methyl sites for hydroxylation is 1. The summed E-state index contributed by atoms with van der Waals surface area (Å²) in [6, 6.07) is 11.0. The molecule has 0 fully saturated rings. The normalized spacial score (nSPS) is 12.7. The number of hydrogen-bond acceptors (Lipinski definition) is 4. The maximum absolute atomic E-state index is 12.5. The van der Waals surface area contributed by atoms with Gasteiger partial charge in [-0.25, -0.2) is 0 Å². The van der Waals surface area contributed by atoms with Gasteiger partial charge in [0.15, 0.2) is 12.6 Å². The zero-order valence-electron chi connectivity index (χ0n) is 16.4. The topological polar surface area (TPSA) is 106 Å². The van der Waals surface area contributed by atoms with E-state index in [0.717, 1.165) is 16.8 Å². The molecular formula is C20H25N4O4+. The maximum Gasteiger partial charge on any atom is 0.292 e. The van der Waals surface area contributed by atoms with Crippen LogP contribution in [0.15, 0.2) is 42.5 Å². The number of hydrogen-bond donors (Lipinski definition) is 3. The van der Waals surface area contributed by atoms with Crippen LogP contribution in [0.3, 0.4) is 0 Å². The van der Waals surface area contributed by atoms with Crippen molar-refractivity contribution in [3.63, 3.8) is 0 Å². The Morgan fingerprint density at radius 3 is 2.39 bits per heavy atom. The van der Waals surface area contributed by atoms with Gasteiger partial charge < -0.3 is 15.5 Å². The number of carbonyl (C=O) groups excluding carboxylic acids is 2. The monoisotopic (exact) mass is 385 g/mol. The van der Waals surface area contributed by atoms with Gasteiger partial charge in [0, 0.05) is 11.8 Å². The first-order valence-electron chi connectivity index (χ1n) is 8.93. The van der Waals surface area contributed by atoms with Crippen molar-refractivity contribution in [3.05, 3.63) is 63.7 Å². The lowest BCUT2D eigenvalue weighted by atomic mass is 10.1. The number of benzene rings is 2. The highest BCUT2D eigenvalue weighted by atomic mass is 16.6. The Kier molecular flexibility index (Phi) is 6.84. The van der Waals surface area contributed by atoms with E-state index >= 15 is 0 Å². The summed E-state index contributed by atoms with van der Waals surface area (Å²) in [5.74, 6) is -0.608. The molecule has 2 amide bonds. The fourth-order valence-corrected chi connectivity index (χ4v) is 2.69. The van der Waals surface area contributed by atoms with Crippen molar-refractivity contribution < 1.29 is 19.4 Å². The first-order valence-corrected chi connectivity index (χ1v) is 8.93. The van der Waals surface area contributed by atoms with Crippen LogP contribution in [0.5, 0.6) is 0 Å². The van der Waals surface area contributed by atoms with Gasteiger partial charge in [-0.2, -0.15) is 0 Å². The number of para-hydroxylation sites is 2. The number of nitrogens with one attached hydrogen (secondary N) is 3. The van der Waals surface area contributed by atoms with Crippen LogP contribution < -0.4 is 15.5 Å². The molecular weight excluding hydrogens is 360 g/mol. The molecule has 0 saturated heterocycles. The van der Waals surface area contributed by atoms with Gasteiger partial charge in [-0.1, -0.05) is 24.3 Å². The second kappa shape index (κ2) is 9.09. The lowest BCUT2D eigenvalue weighted by molar-refractivity contribution is -0.885. The number of quaternary nitrogens is 1. The molecule has 8 nitrogen and oxygen atoms in total. The molecule has 0 heterocycles. The highest BCUT2D eigenvalue weighted by Crippen LogP contribution is 2.23. The van der Waals surface area contributed by atoms with E-state index in [4.69, 9.17) is 0 Å². The average molecular weight is 385 g/mol. The third-order valence-electron chi connectivity index (χ3n) is 4.81. The summed E-state index contributed by atoms with van der Waals surface area (Å²) in [5, 5.41) is 16.5. The van der Waals surface area contributed by atoms with Crippen molar-refractivity contribution in [3.8, 4) is 0 Å². The Bertz CT molecular complexity index is 898. The molecule has 0 aliphatic rings. The second-order valence-electron chi connectivity index (χ2n) is 6.80. The van der Waals surface area contributed by atoms with E-state index in [9.17, 15) is 19.7 Å². The van der Waals surface area contributed by atoms with Gasteiger partial charge in [0.05, 0.1) is 12.0 Å². The van der Waals surface area contributed by atoms with E-state index < -0.39 is 16.9 Å².